The number of nitrogens with one attached hydrogen (secondary N) is 2. The van der Waals surface area contributed by atoms with Crippen molar-refractivity contribution in [3.8, 4) is 0 Å². The van der Waals surface area contributed by atoms with E-state index in [1.54, 1.807) is 13.8 Å². The van der Waals surface area contributed by atoms with Gasteiger partial charge in [-0.15, -0.1) is 0 Å². The zero-order valence-electron chi connectivity index (χ0n) is 35.2. The molecule has 0 rings (SSSR count). The third-order valence-electron chi connectivity index (χ3n) is 8.20. The number of amides is 2. The molecule has 0 aliphatic heterocycles. The minimum atomic E-state index is -0.942. The molecule has 15 heteroatoms. The molecule has 312 valence electrons. The van der Waals surface area contributed by atoms with E-state index in [0.29, 0.717) is 19.5 Å². The van der Waals surface area contributed by atoms with Gasteiger partial charge in [-0.1, -0.05) is 102 Å². The molecule has 13 nitrogen and oxygen atoms in total. The number of hydrogen-bond donors (Lipinski definition) is 3. The Morgan fingerprint density at radius 2 is 0.804 bits per heavy atom. The number of carbonyl (C=O) groups excluding carboxylic acids is 6. The molecule has 0 radical (unpaired) electrons. The normalized spacial score (nSPS) is 10.1. The fourth-order valence-electron chi connectivity index (χ4n) is 5.01. The van der Waals surface area contributed by atoms with Gasteiger partial charge in [-0.05, 0) is 83.5 Å². The van der Waals surface area contributed by atoms with Crippen LogP contribution in [0.4, 0.5) is 0 Å². The second kappa shape index (κ2) is 53.1. The van der Waals surface area contributed by atoms with Gasteiger partial charge in [0.05, 0.1) is 0 Å². The van der Waals surface area contributed by atoms with E-state index in [2.05, 4.69) is 39.8 Å². The van der Waals surface area contributed by atoms with Crippen molar-refractivity contribution in [3.05, 3.63) is 24.3 Å². The monoisotopic (exact) mass is 812 g/mol. The molecule has 3 N–H and O–H groups in total. The standard InChI is InChI=1S/2C20H35NO4.CH2O3.2Na/c2*1-2-18(22)20(25)21-17-15-13-11-9-7-5-3-4-6-8-10-12-14-16-19(23)24;2-1-4-3;;/h2*7,9H,2-6,8,10-17H2,1H3,(H,21,25)(H,23,24);1,3H;;/q;;;2*+1/p-2/b2*9-7-;;;. The summed E-state index contributed by atoms with van der Waals surface area (Å²) in [6.07, 6.45) is 33.4. The van der Waals surface area contributed by atoms with E-state index in [1.165, 1.54) is 51.4 Å². The van der Waals surface area contributed by atoms with Gasteiger partial charge in [0.25, 0.3) is 18.3 Å². The number of allylic oxidation sites excluding steroid dienone is 4. The SMILES string of the molecule is CCC(=O)C(=O)NCCCC/C=C\CCCCCCCCCC(=O)O.CCC(=O)C(=O)NCCCC/C=C\CCCCCCCCCC(=O)[O-].O=CO[O-].[Na+].[Na+]. The molecular weight excluding hydrogens is 742 g/mol. The number of aliphatic carboxylic acids is 2. The fraction of sp³-hybridized carbons (Fsp3) is 0.732. The number of rotatable bonds is 35. The maximum absolute atomic E-state index is 11.2. The summed E-state index contributed by atoms with van der Waals surface area (Å²) in [6.45, 7) is 4.34. The minimum Gasteiger partial charge on any atom is -0.662 e. The average molecular weight is 813 g/mol. The van der Waals surface area contributed by atoms with Crippen molar-refractivity contribution < 1.29 is 113 Å². The van der Waals surface area contributed by atoms with Crippen LogP contribution in [0.2, 0.25) is 0 Å². The Morgan fingerprint density at radius 3 is 1.09 bits per heavy atom. The number of unbranched alkanes of at least 4 members (excludes halogenated alkanes) is 18. The smallest absolute Gasteiger partial charge is 0.662 e. The number of carboxylic acid groups (broad SMARTS) is 2. The molecule has 0 aliphatic rings. The summed E-state index contributed by atoms with van der Waals surface area (Å²) in [4.78, 5) is 76.5. The van der Waals surface area contributed by atoms with E-state index < -0.39 is 23.8 Å². The zero-order chi connectivity index (χ0) is 40.9. The van der Waals surface area contributed by atoms with Gasteiger partial charge in [0, 0.05) is 38.3 Å². The van der Waals surface area contributed by atoms with Crippen LogP contribution in [-0.4, -0.2) is 60.0 Å². The molecule has 0 aromatic heterocycles. The maximum Gasteiger partial charge on any atom is 1.00 e. The summed E-state index contributed by atoms with van der Waals surface area (Å²) >= 11 is 0. The van der Waals surface area contributed by atoms with E-state index in [-0.39, 0.29) is 96.4 Å². The second-order valence-electron chi connectivity index (χ2n) is 13.0. The van der Waals surface area contributed by atoms with Crippen LogP contribution in [0.1, 0.15) is 181 Å². The summed E-state index contributed by atoms with van der Waals surface area (Å²) in [7, 11) is 0. The number of hydrogen-bond acceptors (Lipinski definition) is 10. The van der Waals surface area contributed by atoms with Crippen LogP contribution >= 0.6 is 0 Å². The van der Waals surface area contributed by atoms with Gasteiger partial charge in [-0.25, -0.2) is 0 Å². The van der Waals surface area contributed by atoms with Crippen LogP contribution in [0, 0.1) is 0 Å². The molecule has 0 fully saturated rings. The topological polar surface area (TPSA) is 219 Å². The van der Waals surface area contributed by atoms with Crippen molar-refractivity contribution in [2.45, 2.75) is 181 Å². The Kier molecular flexibility index (Phi) is 60.1. The van der Waals surface area contributed by atoms with Crippen LogP contribution in [0.3, 0.4) is 0 Å². The van der Waals surface area contributed by atoms with Crippen LogP contribution in [-0.2, 0) is 38.4 Å². The molecule has 0 unspecified atom stereocenters. The van der Waals surface area contributed by atoms with E-state index in [9.17, 15) is 33.9 Å². The first-order chi connectivity index (χ1) is 26.1. The maximum atomic E-state index is 11.2. The number of ketones is 2. The van der Waals surface area contributed by atoms with Crippen LogP contribution in [0.25, 0.3) is 0 Å². The molecule has 0 spiro atoms. The molecule has 0 aromatic rings. The third kappa shape index (κ3) is 56.5. The quantitative estimate of drug-likeness (QED) is 0.0146. The van der Waals surface area contributed by atoms with Gasteiger partial charge in [0.1, 0.15) is 0 Å². The Labute approximate surface area is 380 Å². The molecule has 0 saturated heterocycles. The van der Waals surface area contributed by atoms with Gasteiger partial charge in [0.15, 0.2) is 0 Å². The summed E-state index contributed by atoms with van der Waals surface area (Å²) in [5.74, 6) is -3.25. The molecule has 0 saturated carbocycles. The van der Waals surface area contributed by atoms with E-state index in [0.717, 1.165) is 89.9 Å². The first-order valence-corrected chi connectivity index (χ1v) is 20.1. The summed E-state index contributed by atoms with van der Waals surface area (Å²) in [5, 5.41) is 32.5. The van der Waals surface area contributed by atoms with Crippen LogP contribution in [0.15, 0.2) is 24.3 Å². The number of carboxylic acids is 2. The molecule has 0 bridgehead atoms. The molecule has 0 heterocycles. The third-order valence-corrected chi connectivity index (χ3v) is 8.20. The van der Waals surface area contributed by atoms with E-state index in [1.807, 2.05) is 0 Å². The fourth-order valence-corrected chi connectivity index (χ4v) is 5.01. The van der Waals surface area contributed by atoms with Crippen molar-refractivity contribution in [2.75, 3.05) is 13.1 Å². The van der Waals surface area contributed by atoms with Gasteiger partial charge in [0.2, 0.25) is 11.6 Å². The molecular formula is C41H70N2Na2O11. The average Bonchev–Trinajstić information content (AvgIpc) is 3.16. The Hall–Kier alpha value is -1.87. The molecule has 0 atom stereocenters. The minimum absolute atomic E-state index is 0. The Bertz CT molecular complexity index is 965. The van der Waals surface area contributed by atoms with E-state index in [4.69, 9.17) is 15.2 Å². The molecule has 0 aromatic carbocycles. The van der Waals surface area contributed by atoms with Crippen molar-refractivity contribution >= 4 is 41.8 Å². The van der Waals surface area contributed by atoms with Crippen molar-refractivity contribution in [1.29, 1.82) is 0 Å². The predicted octanol–water partition coefficient (Wildman–Crippen LogP) is -0.0846. The van der Waals surface area contributed by atoms with Crippen molar-refractivity contribution in [1.82, 2.24) is 10.6 Å². The van der Waals surface area contributed by atoms with Gasteiger partial charge in [-0.3, -0.25) is 28.8 Å². The van der Waals surface area contributed by atoms with Crippen LogP contribution in [0.5, 0.6) is 0 Å². The first-order valence-electron chi connectivity index (χ1n) is 20.1. The van der Waals surface area contributed by atoms with E-state index >= 15 is 0 Å². The van der Waals surface area contributed by atoms with Gasteiger partial charge >= 0.3 is 65.1 Å². The molecule has 56 heavy (non-hydrogen) atoms. The number of carbonyl (C=O) groups is 7. The summed E-state index contributed by atoms with van der Waals surface area (Å²) < 4.78 is 0. The van der Waals surface area contributed by atoms with Crippen molar-refractivity contribution in [3.63, 3.8) is 0 Å². The number of Topliss-reactive ketones (excluding diaryl/α,β-unsaturated/α-hetero) is 2. The van der Waals surface area contributed by atoms with Gasteiger partial charge in [-0.2, -0.15) is 0 Å². The molecule has 2 amide bonds. The second-order valence-corrected chi connectivity index (χ2v) is 13.0. The van der Waals surface area contributed by atoms with Crippen LogP contribution < -0.4 is 80.1 Å². The van der Waals surface area contributed by atoms with Gasteiger partial charge < -0.3 is 35.8 Å². The summed E-state index contributed by atoms with van der Waals surface area (Å²) in [6, 6.07) is 0. The Balaban J connectivity index is -0.000000273. The first kappa shape index (κ1) is 63.3. The largest absolute Gasteiger partial charge is 1.00 e. The predicted molar refractivity (Wildman–Crippen MR) is 205 cm³/mol. The van der Waals surface area contributed by atoms with Crippen molar-refractivity contribution in [2.24, 2.45) is 0 Å². The molecule has 0 aliphatic carbocycles. The zero-order valence-corrected chi connectivity index (χ0v) is 39.2. The Morgan fingerprint density at radius 1 is 0.518 bits per heavy atom. The summed E-state index contributed by atoms with van der Waals surface area (Å²) in [5.41, 5.74) is 0.